The zero-order valence-electron chi connectivity index (χ0n) is 19.2. The van der Waals surface area contributed by atoms with E-state index in [1.165, 1.54) is 9.21 Å². The number of amides is 2. The highest BCUT2D eigenvalue weighted by Gasteiger charge is 2.56. The Kier molecular flexibility index (Phi) is 7.09. The molecule has 3 fully saturated rings. The van der Waals surface area contributed by atoms with E-state index in [9.17, 15) is 27.9 Å². The fourth-order valence-corrected chi connectivity index (χ4v) is 6.51. The van der Waals surface area contributed by atoms with E-state index in [2.05, 4.69) is 5.32 Å². The van der Waals surface area contributed by atoms with Crippen molar-refractivity contribution in [3.63, 3.8) is 0 Å². The highest BCUT2D eigenvalue weighted by atomic mass is 32.2. The standard InChI is InChI=1S/C21H35N3O7S/c1-21(2,3)31-20(28)22-16(13-8-6-5-7-9-13)18(25)23-11-10-15-17(23)14(19(26)27)12-24(15)32(4,29)30/h13-17H,5-12H2,1-4H3,(H,22,28)(H,26,27)/t14?,15-,16+,17-/m1/s1. The van der Waals surface area contributed by atoms with Crippen LogP contribution < -0.4 is 5.32 Å². The zero-order valence-corrected chi connectivity index (χ0v) is 20.1. The quantitative estimate of drug-likeness (QED) is 0.617. The van der Waals surface area contributed by atoms with Gasteiger partial charge in [-0.1, -0.05) is 19.3 Å². The number of carboxylic acids is 1. The van der Waals surface area contributed by atoms with E-state index in [4.69, 9.17) is 4.74 Å². The van der Waals surface area contributed by atoms with Crippen LogP contribution in [0, 0.1) is 11.8 Å². The maximum absolute atomic E-state index is 13.7. The van der Waals surface area contributed by atoms with Crippen molar-refractivity contribution in [3.8, 4) is 0 Å². The first-order chi connectivity index (χ1) is 14.8. The van der Waals surface area contributed by atoms with Crippen molar-refractivity contribution in [1.82, 2.24) is 14.5 Å². The molecule has 2 N–H and O–H groups in total. The normalized spacial score (nSPS) is 28.2. The molecule has 0 aromatic carbocycles. The molecular weight excluding hydrogens is 438 g/mol. The van der Waals surface area contributed by atoms with Crippen molar-refractivity contribution in [2.45, 2.75) is 83.0 Å². The number of carbonyl (C=O) groups is 3. The minimum absolute atomic E-state index is 0.0708. The molecule has 32 heavy (non-hydrogen) atoms. The second-order valence-electron chi connectivity index (χ2n) is 10.2. The summed E-state index contributed by atoms with van der Waals surface area (Å²) in [5.74, 6) is -2.55. The highest BCUT2D eigenvalue weighted by molar-refractivity contribution is 7.88. The summed E-state index contributed by atoms with van der Waals surface area (Å²) in [6.07, 6.45) is 5.30. The van der Waals surface area contributed by atoms with E-state index in [0.717, 1.165) is 38.4 Å². The number of ether oxygens (including phenoxy) is 1. The third kappa shape index (κ3) is 5.36. The lowest BCUT2D eigenvalue weighted by Crippen LogP contribution is -2.56. The Bertz CT molecular complexity index is 848. The van der Waals surface area contributed by atoms with Crippen molar-refractivity contribution in [2.75, 3.05) is 19.3 Å². The van der Waals surface area contributed by atoms with Gasteiger partial charge >= 0.3 is 12.1 Å². The SMILES string of the molecule is CC(C)(C)OC(=O)N[C@H](C(=O)N1CC[C@@H]2[C@H]1C(C(=O)O)CN2S(C)(=O)=O)C1CCCCC1. The molecule has 2 saturated heterocycles. The van der Waals surface area contributed by atoms with E-state index >= 15 is 0 Å². The Labute approximate surface area is 189 Å². The molecule has 0 bridgehead atoms. The van der Waals surface area contributed by atoms with Crippen molar-refractivity contribution in [3.05, 3.63) is 0 Å². The van der Waals surface area contributed by atoms with Crippen LogP contribution >= 0.6 is 0 Å². The summed E-state index contributed by atoms with van der Waals surface area (Å²) in [4.78, 5) is 39.7. The second kappa shape index (κ2) is 9.17. The van der Waals surface area contributed by atoms with Gasteiger partial charge in [-0.05, 0) is 46.0 Å². The summed E-state index contributed by atoms with van der Waals surface area (Å²) in [5.41, 5.74) is -0.723. The Morgan fingerprint density at radius 1 is 1.09 bits per heavy atom. The minimum atomic E-state index is -3.61. The largest absolute Gasteiger partial charge is 0.481 e. The van der Waals surface area contributed by atoms with Crippen LogP contribution in [0.25, 0.3) is 0 Å². The number of aliphatic carboxylic acids is 1. The van der Waals surface area contributed by atoms with E-state index in [0.29, 0.717) is 6.42 Å². The van der Waals surface area contributed by atoms with Crippen LogP contribution in [0.3, 0.4) is 0 Å². The molecule has 0 aromatic heterocycles. The average Bonchev–Trinajstić information content (AvgIpc) is 3.24. The van der Waals surface area contributed by atoms with Crippen molar-refractivity contribution in [2.24, 2.45) is 11.8 Å². The number of rotatable bonds is 5. The number of carboxylic acid groups (broad SMARTS) is 1. The molecule has 4 atom stereocenters. The molecule has 2 heterocycles. The molecule has 2 amide bonds. The van der Waals surface area contributed by atoms with E-state index in [-0.39, 0.29) is 24.9 Å². The molecule has 1 aliphatic carbocycles. The van der Waals surface area contributed by atoms with Gasteiger partial charge in [0.15, 0.2) is 0 Å². The molecule has 182 valence electrons. The Balaban J connectivity index is 1.86. The van der Waals surface area contributed by atoms with Crippen LogP contribution in [-0.2, 0) is 24.3 Å². The fraction of sp³-hybridized carbons (Fsp3) is 0.857. The lowest BCUT2D eigenvalue weighted by molar-refractivity contribution is -0.145. The van der Waals surface area contributed by atoms with Crippen LogP contribution in [0.1, 0.15) is 59.3 Å². The summed E-state index contributed by atoms with van der Waals surface area (Å²) in [6.45, 7) is 5.32. The van der Waals surface area contributed by atoms with Crippen molar-refractivity contribution < 1.29 is 32.6 Å². The Morgan fingerprint density at radius 3 is 2.25 bits per heavy atom. The van der Waals surface area contributed by atoms with Gasteiger partial charge in [-0.3, -0.25) is 9.59 Å². The number of nitrogens with one attached hydrogen (secondary N) is 1. The van der Waals surface area contributed by atoms with Gasteiger partial charge in [-0.25, -0.2) is 13.2 Å². The molecule has 10 nitrogen and oxygen atoms in total. The first-order valence-corrected chi connectivity index (χ1v) is 13.1. The lowest BCUT2D eigenvalue weighted by Gasteiger charge is -2.36. The number of fused-ring (bicyclic) bond motifs is 1. The molecule has 1 saturated carbocycles. The van der Waals surface area contributed by atoms with Crippen LogP contribution in [0.4, 0.5) is 4.79 Å². The van der Waals surface area contributed by atoms with Crippen LogP contribution in [0.2, 0.25) is 0 Å². The minimum Gasteiger partial charge on any atom is -0.481 e. The zero-order chi connectivity index (χ0) is 23.8. The van der Waals surface area contributed by atoms with Crippen LogP contribution in [0.5, 0.6) is 0 Å². The third-order valence-electron chi connectivity index (χ3n) is 6.66. The second-order valence-corrected chi connectivity index (χ2v) is 12.1. The molecule has 1 unspecified atom stereocenters. The summed E-state index contributed by atoms with van der Waals surface area (Å²) in [6, 6.07) is -2.14. The van der Waals surface area contributed by atoms with E-state index in [1.807, 2.05) is 0 Å². The van der Waals surface area contributed by atoms with E-state index in [1.54, 1.807) is 20.8 Å². The monoisotopic (exact) mass is 473 g/mol. The van der Waals surface area contributed by atoms with E-state index < -0.39 is 51.7 Å². The predicted octanol–water partition coefficient (Wildman–Crippen LogP) is 1.41. The topological polar surface area (TPSA) is 133 Å². The molecule has 0 aromatic rings. The molecule has 3 aliphatic rings. The van der Waals surface area contributed by atoms with Gasteiger partial charge < -0.3 is 20.1 Å². The lowest BCUT2D eigenvalue weighted by atomic mass is 9.83. The molecule has 2 aliphatic heterocycles. The maximum Gasteiger partial charge on any atom is 0.408 e. The average molecular weight is 474 g/mol. The summed E-state index contributed by atoms with van der Waals surface area (Å²) >= 11 is 0. The maximum atomic E-state index is 13.7. The first kappa shape index (κ1) is 24.8. The molecule has 0 radical (unpaired) electrons. The number of nitrogens with zero attached hydrogens (tertiary/aromatic N) is 2. The van der Waals surface area contributed by atoms with Gasteiger partial charge in [0.05, 0.1) is 18.2 Å². The van der Waals surface area contributed by atoms with Gasteiger partial charge in [-0.2, -0.15) is 4.31 Å². The predicted molar refractivity (Wildman–Crippen MR) is 116 cm³/mol. The number of sulfonamides is 1. The molecule has 11 heteroatoms. The van der Waals surface area contributed by atoms with Crippen LogP contribution in [0.15, 0.2) is 0 Å². The molecule has 3 rings (SSSR count). The smallest absolute Gasteiger partial charge is 0.408 e. The van der Waals surface area contributed by atoms with Gasteiger partial charge in [-0.15, -0.1) is 0 Å². The third-order valence-corrected chi connectivity index (χ3v) is 7.94. The number of alkyl carbamates (subject to hydrolysis) is 1. The van der Waals surface area contributed by atoms with Crippen molar-refractivity contribution >= 4 is 28.0 Å². The number of likely N-dealkylation sites (tertiary alicyclic amines) is 1. The molecular formula is C21H35N3O7S. The highest BCUT2D eigenvalue weighted by Crippen LogP contribution is 2.38. The van der Waals surface area contributed by atoms with Gasteiger partial charge in [0, 0.05) is 19.1 Å². The van der Waals surface area contributed by atoms with Crippen LogP contribution in [-0.4, -0.2) is 83.8 Å². The molecule has 0 spiro atoms. The Morgan fingerprint density at radius 2 is 1.72 bits per heavy atom. The Hall–Kier alpha value is -1.88. The van der Waals surface area contributed by atoms with Gasteiger partial charge in [0.2, 0.25) is 15.9 Å². The number of hydrogen-bond acceptors (Lipinski definition) is 6. The summed E-state index contributed by atoms with van der Waals surface area (Å²) in [5, 5.41) is 12.5. The number of hydrogen-bond donors (Lipinski definition) is 2. The van der Waals surface area contributed by atoms with Gasteiger partial charge in [0.25, 0.3) is 0 Å². The van der Waals surface area contributed by atoms with Gasteiger partial charge in [0.1, 0.15) is 11.6 Å². The summed E-state index contributed by atoms with van der Waals surface area (Å²) < 4.78 is 31.1. The first-order valence-electron chi connectivity index (χ1n) is 11.3. The van der Waals surface area contributed by atoms with Crippen molar-refractivity contribution in [1.29, 1.82) is 0 Å². The summed E-state index contributed by atoms with van der Waals surface area (Å²) in [7, 11) is -3.61. The number of carbonyl (C=O) groups excluding carboxylic acids is 2. The fourth-order valence-electron chi connectivity index (χ4n) is 5.36.